The highest BCUT2D eigenvalue weighted by atomic mass is 35.5. The van der Waals surface area contributed by atoms with Crippen molar-refractivity contribution in [1.29, 1.82) is 0 Å². The number of halogens is 1. The molecule has 0 fully saturated rings. The van der Waals surface area contributed by atoms with Crippen LogP contribution in [0.3, 0.4) is 0 Å². The van der Waals surface area contributed by atoms with E-state index in [4.69, 9.17) is 17.3 Å². The number of aromatic nitrogens is 4. The summed E-state index contributed by atoms with van der Waals surface area (Å²) in [7, 11) is 0. The second kappa shape index (κ2) is 4.03. The summed E-state index contributed by atoms with van der Waals surface area (Å²) < 4.78 is 3.63. The molecule has 3 heterocycles. The number of hydrogen-bond donors (Lipinski definition) is 1. The van der Waals surface area contributed by atoms with Gasteiger partial charge in [-0.3, -0.25) is 0 Å². The van der Waals surface area contributed by atoms with Crippen LogP contribution in [-0.2, 0) is 6.54 Å². The minimum atomic E-state index is 0.478. The minimum Gasteiger partial charge on any atom is -0.383 e. The number of pyridine rings is 1. The van der Waals surface area contributed by atoms with Crippen molar-refractivity contribution in [3.05, 3.63) is 47.0 Å². The maximum absolute atomic E-state index is 6.01. The molecule has 0 atom stereocenters. The van der Waals surface area contributed by atoms with Crippen LogP contribution < -0.4 is 5.73 Å². The Kier molecular flexibility index (Phi) is 2.48. The number of hydrogen-bond acceptors (Lipinski definition) is 3. The molecule has 5 nitrogen and oxygen atoms in total. The molecule has 0 aliphatic carbocycles. The number of nitrogens with two attached hydrogens (primary N) is 1. The van der Waals surface area contributed by atoms with Gasteiger partial charge in [-0.1, -0.05) is 17.7 Å². The van der Waals surface area contributed by atoms with Crippen LogP contribution in [0.1, 0.15) is 11.4 Å². The monoisotopic (exact) mass is 261 g/mol. The molecular formula is C12H12ClN5. The van der Waals surface area contributed by atoms with Gasteiger partial charge in [0, 0.05) is 12.4 Å². The Morgan fingerprint density at radius 3 is 2.89 bits per heavy atom. The van der Waals surface area contributed by atoms with Crippen molar-refractivity contribution >= 4 is 23.1 Å². The molecule has 3 aromatic heterocycles. The molecule has 0 spiro atoms. The standard InChI is InChI=1S/C12H12ClN5/c1-8-11(13)12(14)18(16-8)7-9-6-17-5-3-2-4-10(17)15-9/h2-6H,7,14H2,1H3. The van der Waals surface area contributed by atoms with Gasteiger partial charge in [0.2, 0.25) is 0 Å². The van der Waals surface area contributed by atoms with Gasteiger partial charge in [0.1, 0.15) is 16.5 Å². The van der Waals surface area contributed by atoms with E-state index in [0.29, 0.717) is 17.4 Å². The Hall–Kier alpha value is -2.01. The van der Waals surface area contributed by atoms with E-state index >= 15 is 0 Å². The third kappa shape index (κ3) is 1.73. The summed E-state index contributed by atoms with van der Waals surface area (Å²) in [6.45, 7) is 2.35. The van der Waals surface area contributed by atoms with Gasteiger partial charge in [0.05, 0.1) is 17.9 Å². The number of aryl methyl sites for hydroxylation is 1. The van der Waals surface area contributed by atoms with E-state index in [0.717, 1.165) is 17.0 Å². The fraction of sp³-hybridized carbons (Fsp3) is 0.167. The Labute approximate surface area is 109 Å². The second-order valence-electron chi connectivity index (χ2n) is 4.14. The maximum Gasteiger partial charge on any atom is 0.141 e. The van der Waals surface area contributed by atoms with Gasteiger partial charge in [-0.25, -0.2) is 9.67 Å². The fourth-order valence-electron chi connectivity index (χ4n) is 1.91. The Morgan fingerprint density at radius 2 is 2.22 bits per heavy atom. The number of anilines is 1. The van der Waals surface area contributed by atoms with Crippen LogP contribution in [0.25, 0.3) is 5.65 Å². The van der Waals surface area contributed by atoms with Crippen molar-refractivity contribution in [2.45, 2.75) is 13.5 Å². The zero-order chi connectivity index (χ0) is 12.7. The van der Waals surface area contributed by atoms with Gasteiger partial charge in [0.25, 0.3) is 0 Å². The van der Waals surface area contributed by atoms with Gasteiger partial charge in [-0.15, -0.1) is 0 Å². The molecule has 0 unspecified atom stereocenters. The van der Waals surface area contributed by atoms with Crippen LogP contribution in [0.5, 0.6) is 0 Å². The lowest BCUT2D eigenvalue weighted by atomic mass is 10.4. The van der Waals surface area contributed by atoms with E-state index in [1.54, 1.807) is 4.68 Å². The zero-order valence-corrected chi connectivity index (χ0v) is 10.6. The SMILES string of the molecule is Cc1nn(Cc2cn3ccccc3n2)c(N)c1Cl. The molecule has 0 radical (unpaired) electrons. The summed E-state index contributed by atoms with van der Waals surface area (Å²) >= 11 is 6.01. The molecule has 0 aliphatic rings. The fourth-order valence-corrected chi connectivity index (χ4v) is 2.05. The van der Waals surface area contributed by atoms with E-state index in [-0.39, 0.29) is 0 Å². The van der Waals surface area contributed by atoms with Crippen LogP contribution >= 0.6 is 11.6 Å². The van der Waals surface area contributed by atoms with Crippen LogP contribution in [0.15, 0.2) is 30.6 Å². The number of rotatable bonds is 2. The molecule has 0 bridgehead atoms. The lowest BCUT2D eigenvalue weighted by Crippen LogP contribution is -2.06. The van der Waals surface area contributed by atoms with Gasteiger partial charge >= 0.3 is 0 Å². The third-order valence-corrected chi connectivity index (χ3v) is 3.28. The van der Waals surface area contributed by atoms with Crippen molar-refractivity contribution in [1.82, 2.24) is 19.2 Å². The maximum atomic E-state index is 6.01. The van der Waals surface area contributed by atoms with Gasteiger partial charge in [-0.05, 0) is 19.1 Å². The predicted molar refractivity (Wildman–Crippen MR) is 70.7 cm³/mol. The van der Waals surface area contributed by atoms with E-state index in [2.05, 4.69) is 10.1 Å². The zero-order valence-electron chi connectivity index (χ0n) is 9.84. The highest BCUT2D eigenvalue weighted by Gasteiger charge is 2.11. The average molecular weight is 262 g/mol. The summed E-state index contributed by atoms with van der Waals surface area (Å²) in [5.41, 5.74) is 8.41. The minimum absolute atomic E-state index is 0.478. The highest BCUT2D eigenvalue weighted by Crippen LogP contribution is 2.22. The highest BCUT2D eigenvalue weighted by molar-refractivity contribution is 6.33. The third-order valence-electron chi connectivity index (χ3n) is 2.82. The van der Waals surface area contributed by atoms with Crippen LogP contribution in [0.4, 0.5) is 5.82 Å². The van der Waals surface area contributed by atoms with Gasteiger partial charge in [0.15, 0.2) is 0 Å². The first-order valence-corrected chi connectivity index (χ1v) is 5.94. The van der Waals surface area contributed by atoms with Crippen LogP contribution in [0, 0.1) is 6.92 Å². The number of nitrogen functional groups attached to an aromatic ring is 1. The summed E-state index contributed by atoms with van der Waals surface area (Å²) in [6.07, 6.45) is 3.91. The summed E-state index contributed by atoms with van der Waals surface area (Å²) in [6, 6.07) is 5.87. The predicted octanol–water partition coefficient (Wildman–Crippen LogP) is 2.12. The van der Waals surface area contributed by atoms with Crippen molar-refractivity contribution < 1.29 is 0 Å². The van der Waals surface area contributed by atoms with Crippen molar-refractivity contribution in [2.75, 3.05) is 5.73 Å². The molecular weight excluding hydrogens is 250 g/mol. The van der Waals surface area contributed by atoms with E-state index < -0.39 is 0 Å². The molecule has 0 aliphatic heterocycles. The van der Waals surface area contributed by atoms with Crippen molar-refractivity contribution in [3.8, 4) is 0 Å². The Bertz CT molecular complexity index is 679. The number of imidazole rings is 1. The van der Waals surface area contributed by atoms with E-state index in [1.165, 1.54) is 0 Å². The molecule has 3 aromatic rings. The van der Waals surface area contributed by atoms with Gasteiger partial charge in [-0.2, -0.15) is 5.10 Å². The van der Waals surface area contributed by atoms with Crippen LogP contribution in [-0.4, -0.2) is 19.2 Å². The summed E-state index contributed by atoms with van der Waals surface area (Å²) in [4.78, 5) is 4.49. The smallest absolute Gasteiger partial charge is 0.141 e. The van der Waals surface area contributed by atoms with Crippen molar-refractivity contribution in [2.24, 2.45) is 0 Å². The summed E-state index contributed by atoms with van der Waals surface area (Å²) in [5, 5.41) is 4.80. The molecule has 92 valence electrons. The molecule has 18 heavy (non-hydrogen) atoms. The van der Waals surface area contributed by atoms with Crippen molar-refractivity contribution in [3.63, 3.8) is 0 Å². The van der Waals surface area contributed by atoms with Crippen LogP contribution in [0.2, 0.25) is 5.02 Å². The lowest BCUT2D eigenvalue weighted by Gasteiger charge is -2.00. The summed E-state index contributed by atoms with van der Waals surface area (Å²) in [5.74, 6) is 0.478. The molecule has 0 saturated heterocycles. The molecule has 2 N–H and O–H groups in total. The first kappa shape index (κ1) is 11.1. The normalized spacial score (nSPS) is 11.2. The topological polar surface area (TPSA) is 61.1 Å². The van der Waals surface area contributed by atoms with Gasteiger partial charge < -0.3 is 10.1 Å². The molecule has 0 saturated carbocycles. The van der Waals surface area contributed by atoms with E-state index in [1.807, 2.05) is 41.9 Å². The second-order valence-corrected chi connectivity index (χ2v) is 4.52. The Morgan fingerprint density at radius 1 is 1.39 bits per heavy atom. The Balaban J connectivity index is 1.98. The molecule has 0 amide bonds. The first-order chi connectivity index (χ1) is 8.65. The van der Waals surface area contributed by atoms with E-state index in [9.17, 15) is 0 Å². The number of fused-ring (bicyclic) bond motifs is 1. The molecule has 6 heteroatoms. The first-order valence-electron chi connectivity index (χ1n) is 5.56. The molecule has 0 aromatic carbocycles. The lowest BCUT2D eigenvalue weighted by molar-refractivity contribution is 0.678. The average Bonchev–Trinajstić information content (AvgIpc) is 2.87. The quantitative estimate of drug-likeness (QED) is 0.769. The molecule has 3 rings (SSSR count). The largest absolute Gasteiger partial charge is 0.383 e. The number of nitrogens with zero attached hydrogens (tertiary/aromatic N) is 4.